The highest BCUT2D eigenvalue weighted by Crippen LogP contribution is 2.29. The standard InChI is InChI=1S/C26H28BrN7O5/c1-36-22-15-18(5-6-21(22)39-23(35)19-3-2-4-20(27)16-19)17-28-32-24-29-25(33-7-11-37-12-8-33)31-26(30-24)34-9-13-38-14-10-34/h2-6,15-17H,7-14H2,1H3,(H,29,30,31,32)/b28-17+. The van der Waals surface area contributed by atoms with Gasteiger partial charge in [-0.05, 0) is 42.0 Å². The summed E-state index contributed by atoms with van der Waals surface area (Å²) in [6.07, 6.45) is 1.61. The fourth-order valence-electron chi connectivity index (χ4n) is 4.00. The summed E-state index contributed by atoms with van der Waals surface area (Å²) < 4.78 is 22.7. The van der Waals surface area contributed by atoms with Crippen molar-refractivity contribution in [2.24, 2.45) is 5.10 Å². The summed E-state index contributed by atoms with van der Waals surface area (Å²) in [4.78, 5) is 30.6. The van der Waals surface area contributed by atoms with E-state index in [1.807, 2.05) is 6.07 Å². The Morgan fingerprint density at radius 2 is 1.62 bits per heavy atom. The van der Waals surface area contributed by atoms with Gasteiger partial charge in [-0.15, -0.1) is 0 Å². The molecule has 2 aliphatic rings. The Labute approximate surface area is 234 Å². The lowest BCUT2D eigenvalue weighted by atomic mass is 10.2. The predicted octanol–water partition coefficient (Wildman–Crippen LogP) is 2.98. The molecule has 3 heterocycles. The Balaban J connectivity index is 1.30. The number of carbonyl (C=O) groups is 1. The number of aromatic nitrogens is 3. The molecule has 13 heteroatoms. The summed E-state index contributed by atoms with van der Waals surface area (Å²) in [6.45, 7) is 5.29. The first-order valence-electron chi connectivity index (χ1n) is 12.5. The maximum absolute atomic E-state index is 12.6. The maximum atomic E-state index is 12.6. The number of halogens is 1. The minimum atomic E-state index is -0.486. The molecule has 12 nitrogen and oxygen atoms in total. The van der Waals surface area contributed by atoms with Gasteiger partial charge < -0.3 is 28.7 Å². The molecule has 0 spiro atoms. The van der Waals surface area contributed by atoms with Crippen molar-refractivity contribution in [3.05, 3.63) is 58.1 Å². The summed E-state index contributed by atoms with van der Waals surface area (Å²) in [5.74, 6) is 1.69. The second-order valence-electron chi connectivity index (χ2n) is 8.64. The zero-order chi connectivity index (χ0) is 27.0. The Morgan fingerprint density at radius 3 is 2.23 bits per heavy atom. The van der Waals surface area contributed by atoms with Gasteiger partial charge in [0.05, 0.1) is 45.3 Å². The van der Waals surface area contributed by atoms with Crippen molar-refractivity contribution in [2.45, 2.75) is 0 Å². The monoisotopic (exact) mass is 597 g/mol. The van der Waals surface area contributed by atoms with Crippen LogP contribution < -0.4 is 24.7 Å². The third-order valence-corrected chi connectivity index (χ3v) is 6.52. The number of benzene rings is 2. The number of anilines is 3. The van der Waals surface area contributed by atoms with E-state index in [0.717, 1.165) is 10.0 Å². The summed E-state index contributed by atoms with van der Waals surface area (Å²) in [5, 5.41) is 4.32. The van der Waals surface area contributed by atoms with Crippen molar-refractivity contribution in [2.75, 3.05) is 74.9 Å². The highest BCUT2D eigenvalue weighted by Gasteiger charge is 2.20. The van der Waals surface area contributed by atoms with Gasteiger partial charge in [-0.3, -0.25) is 0 Å². The zero-order valence-corrected chi connectivity index (χ0v) is 23.0. The maximum Gasteiger partial charge on any atom is 0.343 e. The third kappa shape index (κ3) is 6.99. The highest BCUT2D eigenvalue weighted by molar-refractivity contribution is 9.10. The molecular formula is C26H28BrN7O5. The van der Waals surface area contributed by atoms with Crippen LogP contribution in [0.15, 0.2) is 52.0 Å². The first-order valence-corrected chi connectivity index (χ1v) is 13.2. The third-order valence-electron chi connectivity index (χ3n) is 6.03. The molecule has 1 N–H and O–H groups in total. The molecule has 39 heavy (non-hydrogen) atoms. The molecule has 2 fully saturated rings. The minimum absolute atomic E-state index is 0.301. The van der Waals surface area contributed by atoms with Crippen molar-refractivity contribution >= 4 is 46.0 Å². The van der Waals surface area contributed by atoms with Gasteiger partial charge in [0, 0.05) is 30.7 Å². The summed E-state index contributed by atoms with van der Waals surface area (Å²) >= 11 is 3.36. The van der Waals surface area contributed by atoms with Gasteiger partial charge in [-0.2, -0.15) is 20.1 Å². The number of rotatable bonds is 8. The molecule has 5 rings (SSSR count). The Bertz CT molecular complexity index is 1290. The number of hydrogen-bond acceptors (Lipinski definition) is 12. The molecule has 2 aliphatic heterocycles. The van der Waals surface area contributed by atoms with E-state index in [-0.39, 0.29) is 0 Å². The van der Waals surface area contributed by atoms with Crippen LogP contribution in [0.25, 0.3) is 0 Å². The largest absolute Gasteiger partial charge is 0.493 e. The van der Waals surface area contributed by atoms with Crippen LogP contribution in [0.5, 0.6) is 11.5 Å². The number of morpholine rings is 2. The second-order valence-corrected chi connectivity index (χ2v) is 9.55. The van der Waals surface area contributed by atoms with Crippen LogP contribution in [0.1, 0.15) is 15.9 Å². The Kier molecular flexibility index (Phi) is 8.81. The van der Waals surface area contributed by atoms with Crippen LogP contribution in [-0.2, 0) is 9.47 Å². The van der Waals surface area contributed by atoms with Crippen molar-refractivity contribution in [1.82, 2.24) is 15.0 Å². The summed E-state index contributed by atoms with van der Waals surface area (Å²) in [7, 11) is 1.51. The molecule has 0 radical (unpaired) electrons. The van der Waals surface area contributed by atoms with Gasteiger partial charge in [-0.25, -0.2) is 10.2 Å². The number of nitrogens with one attached hydrogen (secondary N) is 1. The van der Waals surface area contributed by atoms with Gasteiger partial charge >= 0.3 is 5.97 Å². The van der Waals surface area contributed by atoms with E-state index in [9.17, 15) is 4.79 Å². The molecule has 0 saturated carbocycles. The van der Waals surface area contributed by atoms with E-state index < -0.39 is 5.97 Å². The number of nitrogens with zero attached hydrogens (tertiary/aromatic N) is 6. The quantitative estimate of drug-likeness (QED) is 0.178. The van der Waals surface area contributed by atoms with Crippen LogP contribution >= 0.6 is 15.9 Å². The molecule has 0 amide bonds. The molecule has 2 aromatic carbocycles. The smallest absolute Gasteiger partial charge is 0.343 e. The topological polar surface area (TPSA) is 124 Å². The molecule has 3 aromatic rings. The van der Waals surface area contributed by atoms with Crippen LogP contribution in [0.3, 0.4) is 0 Å². The number of hydrogen-bond donors (Lipinski definition) is 1. The molecule has 1 aromatic heterocycles. The summed E-state index contributed by atoms with van der Waals surface area (Å²) in [5.41, 5.74) is 4.07. The van der Waals surface area contributed by atoms with E-state index in [2.05, 4.69) is 46.2 Å². The summed E-state index contributed by atoms with van der Waals surface area (Å²) in [6, 6.07) is 12.1. The number of ether oxygens (including phenoxy) is 4. The van der Waals surface area contributed by atoms with Crippen molar-refractivity contribution in [1.29, 1.82) is 0 Å². The normalized spacial score (nSPS) is 15.8. The SMILES string of the molecule is COc1cc(/C=N/Nc2nc(N3CCOCC3)nc(N3CCOCC3)n2)ccc1OC(=O)c1cccc(Br)c1. The Hall–Kier alpha value is -3.81. The molecule has 2 saturated heterocycles. The molecule has 0 bridgehead atoms. The molecular weight excluding hydrogens is 570 g/mol. The lowest BCUT2D eigenvalue weighted by Gasteiger charge is -2.30. The van der Waals surface area contributed by atoms with Gasteiger partial charge in [0.1, 0.15) is 0 Å². The van der Waals surface area contributed by atoms with Crippen LogP contribution in [0, 0.1) is 0 Å². The average Bonchev–Trinajstić information content (AvgIpc) is 2.98. The molecule has 0 atom stereocenters. The zero-order valence-electron chi connectivity index (χ0n) is 21.4. The second kappa shape index (κ2) is 12.8. The van der Waals surface area contributed by atoms with E-state index in [0.29, 0.717) is 87.5 Å². The highest BCUT2D eigenvalue weighted by atomic mass is 79.9. The van der Waals surface area contributed by atoms with Crippen molar-refractivity contribution in [3.8, 4) is 11.5 Å². The molecule has 204 valence electrons. The minimum Gasteiger partial charge on any atom is -0.493 e. The van der Waals surface area contributed by atoms with Crippen molar-refractivity contribution < 1.29 is 23.7 Å². The number of hydrazone groups is 1. The first-order chi connectivity index (χ1) is 19.1. The van der Waals surface area contributed by atoms with Gasteiger partial charge in [0.2, 0.25) is 17.8 Å². The fourth-order valence-corrected chi connectivity index (χ4v) is 4.40. The van der Waals surface area contributed by atoms with E-state index in [1.165, 1.54) is 7.11 Å². The van der Waals surface area contributed by atoms with Crippen LogP contribution in [0.4, 0.5) is 17.8 Å². The lowest BCUT2D eigenvalue weighted by molar-refractivity contribution is 0.0729. The van der Waals surface area contributed by atoms with Crippen LogP contribution in [0.2, 0.25) is 0 Å². The van der Waals surface area contributed by atoms with E-state index in [4.69, 9.17) is 23.9 Å². The number of esters is 1. The van der Waals surface area contributed by atoms with Crippen molar-refractivity contribution in [3.63, 3.8) is 0 Å². The van der Waals surface area contributed by atoms with Gasteiger partial charge in [0.25, 0.3) is 0 Å². The lowest BCUT2D eigenvalue weighted by Crippen LogP contribution is -2.40. The van der Waals surface area contributed by atoms with Gasteiger partial charge in [0.15, 0.2) is 11.5 Å². The average molecular weight is 598 g/mol. The Morgan fingerprint density at radius 1 is 0.949 bits per heavy atom. The predicted molar refractivity (Wildman–Crippen MR) is 149 cm³/mol. The fraction of sp³-hybridized carbons (Fsp3) is 0.346. The van der Waals surface area contributed by atoms with E-state index in [1.54, 1.807) is 42.6 Å². The number of methoxy groups -OCH3 is 1. The van der Waals surface area contributed by atoms with E-state index >= 15 is 0 Å². The van der Waals surface area contributed by atoms with Crippen LogP contribution in [-0.4, -0.2) is 86.9 Å². The first kappa shape index (κ1) is 26.8. The molecule has 0 unspecified atom stereocenters. The van der Waals surface area contributed by atoms with Gasteiger partial charge in [-0.1, -0.05) is 22.0 Å². The molecule has 0 aliphatic carbocycles. The number of carbonyl (C=O) groups excluding carboxylic acids is 1.